The molecule has 24 heavy (non-hydrogen) atoms. The third kappa shape index (κ3) is 1.94. The molecule has 4 rings (SSSR count). The van der Waals surface area contributed by atoms with Crippen LogP contribution in [0.1, 0.15) is 62.5 Å². The Morgan fingerprint density at radius 3 is 2.83 bits per heavy atom. The molecule has 3 aliphatic rings. The van der Waals surface area contributed by atoms with Crippen molar-refractivity contribution >= 4 is 0 Å². The van der Waals surface area contributed by atoms with Gasteiger partial charge in [-0.05, 0) is 86.0 Å². The highest BCUT2D eigenvalue weighted by Crippen LogP contribution is 2.65. The van der Waals surface area contributed by atoms with Gasteiger partial charge in [0.1, 0.15) is 11.4 Å². The number of aliphatic hydroxyl groups is 1. The zero-order valence-electron chi connectivity index (χ0n) is 14.8. The molecular weight excluding hydrogens is 296 g/mol. The van der Waals surface area contributed by atoms with Crippen molar-refractivity contribution in [2.75, 3.05) is 7.11 Å². The predicted molar refractivity (Wildman–Crippen MR) is 96.0 cm³/mol. The highest BCUT2D eigenvalue weighted by Gasteiger charge is 2.62. The van der Waals surface area contributed by atoms with Crippen LogP contribution in [-0.2, 0) is 6.42 Å². The van der Waals surface area contributed by atoms with Crippen LogP contribution < -0.4 is 4.74 Å². The lowest BCUT2D eigenvalue weighted by molar-refractivity contribution is -0.0799. The molecule has 1 aromatic rings. The van der Waals surface area contributed by atoms with Gasteiger partial charge in [-0.15, -0.1) is 6.42 Å². The van der Waals surface area contributed by atoms with Crippen LogP contribution in [0.4, 0.5) is 0 Å². The molecule has 0 saturated heterocycles. The lowest BCUT2D eigenvalue weighted by Gasteiger charge is -2.53. The summed E-state index contributed by atoms with van der Waals surface area (Å²) < 4.78 is 5.41. The van der Waals surface area contributed by atoms with Crippen LogP contribution in [0.25, 0.3) is 0 Å². The minimum absolute atomic E-state index is 0.0626. The van der Waals surface area contributed by atoms with Crippen LogP contribution in [0.3, 0.4) is 0 Å². The van der Waals surface area contributed by atoms with E-state index in [0.717, 1.165) is 44.3 Å². The Morgan fingerprint density at radius 2 is 2.12 bits per heavy atom. The molecule has 3 unspecified atom stereocenters. The Hall–Kier alpha value is -1.46. The third-order valence-electron chi connectivity index (χ3n) is 7.65. The normalized spacial score (nSPS) is 40.2. The lowest BCUT2D eigenvalue weighted by Crippen LogP contribution is -2.51. The van der Waals surface area contributed by atoms with E-state index < -0.39 is 5.60 Å². The molecule has 1 aromatic carbocycles. The van der Waals surface area contributed by atoms with Gasteiger partial charge in [0.05, 0.1) is 7.11 Å². The first-order valence-corrected chi connectivity index (χ1v) is 9.45. The van der Waals surface area contributed by atoms with Gasteiger partial charge in [0.2, 0.25) is 0 Å². The number of aryl methyl sites for hydroxylation is 1. The lowest BCUT2D eigenvalue weighted by atomic mass is 9.52. The summed E-state index contributed by atoms with van der Waals surface area (Å²) in [6.07, 6.45) is 13.2. The summed E-state index contributed by atoms with van der Waals surface area (Å²) in [5.41, 5.74) is 2.03. The summed E-state index contributed by atoms with van der Waals surface area (Å²) in [4.78, 5) is 0. The number of ether oxygens (including phenoxy) is 1. The minimum Gasteiger partial charge on any atom is -0.497 e. The van der Waals surface area contributed by atoms with Gasteiger partial charge in [0, 0.05) is 5.41 Å². The zero-order chi connectivity index (χ0) is 16.9. The maximum atomic E-state index is 11.1. The maximum Gasteiger partial charge on any atom is 0.131 e. The highest BCUT2D eigenvalue weighted by molar-refractivity contribution is 5.41. The number of benzene rings is 1. The first kappa shape index (κ1) is 16.0. The molecule has 5 atom stereocenters. The molecule has 0 spiro atoms. The van der Waals surface area contributed by atoms with Gasteiger partial charge >= 0.3 is 0 Å². The van der Waals surface area contributed by atoms with Crippen molar-refractivity contribution < 1.29 is 9.84 Å². The Labute approximate surface area is 145 Å². The summed E-state index contributed by atoms with van der Waals surface area (Å²) in [6, 6.07) is 6.61. The van der Waals surface area contributed by atoms with E-state index in [9.17, 15) is 5.11 Å². The molecule has 0 aromatic heterocycles. The highest BCUT2D eigenvalue weighted by atomic mass is 16.5. The number of terminal acetylenes is 1. The van der Waals surface area contributed by atoms with Crippen molar-refractivity contribution in [2.45, 2.75) is 63.4 Å². The molecule has 2 saturated carbocycles. The van der Waals surface area contributed by atoms with E-state index in [4.69, 9.17) is 11.2 Å². The van der Waals surface area contributed by atoms with Gasteiger partial charge < -0.3 is 9.84 Å². The minimum atomic E-state index is -0.891. The fourth-order valence-electron chi connectivity index (χ4n) is 6.47. The van der Waals surface area contributed by atoms with Crippen LogP contribution >= 0.6 is 0 Å². The van der Waals surface area contributed by atoms with Crippen molar-refractivity contribution in [1.29, 1.82) is 0 Å². The number of hydrogen-bond donors (Lipinski definition) is 1. The molecule has 0 aliphatic heterocycles. The average molecular weight is 324 g/mol. The Balaban J connectivity index is 1.71. The van der Waals surface area contributed by atoms with E-state index in [1.165, 1.54) is 17.5 Å². The molecule has 2 fully saturated rings. The molecule has 2 heteroatoms. The average Bonchev–Trinajstić information content (AvgIpc) is 2.94. The van der Waals surface area contributed by atoms with Crippen molar-refractivity contribution in [2.24, 2.45) is 17.3 Å². The predicted octanol–water partition coefficient (Wildman–Crippen LogP) is 4.31. The van der Waals surface area contributed by atoms with E-state index in [2.05, 4.69) is 31.0 Å². The number of methoxy groups -OCH3 is 1. The number of fused-ring (bicyclic) bond motifs is 5. The van der Waals surface area contributed by atoms with Gasteiger partial charge in [0.15, 0.2) is 0 Å². The van der Waals surface area contributed by atoms with Crippen LogP contribution in [-0.4, -0.2) is 17.8 Å². The van der Waals surface area contributed by atoms with Crippen molar-refractivity contribution in [1.82, 2.24) is 0 Å². The molecular formula is C22H28O2. The fourth-order valence-corrected chi connectivity index (χ4v) is 6.47. The molecule has 1 N–H and O–H groups in total. The van der Waals surface area contributed by atoms with E-state index in [-0.39, 0.29) is 5.41 Å². The number of hydrogen-bond acceptors (Lipinski definition) is 2. The summed E-state index contributed by atoms with van der Waals surface area (Å²) in [7, 11) is 1.74. The summed E-state index contributed by atoms with van der Waals surface area (Å²) in [5.74, 6) is 5.63. The second kappa shape index (κ2) is 5.53. The molecule has 0 heterocycles. The summed E-state index contributed by atoms with van der Waals surface area (Å²) in [5, 5.41) is 11.1. The topological polar surface area (TPSA) is 29.5 Å². The first-order chi connectivity index (χ1) is 11.6. The van der Waals surface area contributed by atoms with Crippen LogP contribution in [0.2, 0.25) is 0 Å². The van der Waals surface area contributed by atoms with Gasteiger partial charge in [0.25, 0.3) is 0 Å². The number of rotatable bonds is 2. The fraction of sp³-hybridized carbons (Fsp3) is 0.636. The first-order valence-electron chi connectivity index (χ1n) is 9.45. The van der Waals surface area contributed by atoms with Gasteiger partial charge in [-0.3, -0.25) is 0 Å². The second-order valence-electron chi connectivity index (χ2n) is 8.07. The van der Waals surface area contributed by atoms with E-state index in [0.29, 0.717) is 17.8 Å². The van der Waals surface area contributed by atoms with Crippen LogP contribution in [0.15, 0.2) is 18.2 Å². The van der Waals surface area contributed by atoms with Crippen LogP contribution in [0, 0.1) is 29.6 Å². The molecule has 0 amide bonds. The van der Waals surface area contributed by atoms with Crippen molar-refractivity contribution in [3.63, 3.8) is 0 Å². The van der Waals surface area contributed by atoms with E-state index in [1.54, 1.807) is 7.11 Å². The van der Waals surface area contributed by atoms with Crippen LogP contribution in [0.5, 0.6) is 5.75 Å². The molecule has 3 aliphatic carbocycles. The Morgan fingerprint density at radius 1 is 1.29 bits per heavy atom. The second-order valence-corrected chi connectivity index (χ2v) is 8.07. The van der Waals surface area contributed by atoms with Crippen molar-refractivity contribution in [3.05, 3.63) is 29.3 Å². The third-order valence-corrected chi connectivity index (χ3v) is 7.65. The maximum absolute atomic E-state index is 11.1. The van der Waals surface area contributed by atoms with Gasteiger partial charge in [-0.2, -0.15) is 0 Å². The van der Waals surface area contributed by atoms with E-state index >= 15 is 0 Å². The largest absolute Gasteiger partial charge is 0.497 e. The monoisotopic (exact) mass is 324 g/mol. The van der Waals surface area contributed by atoms with E-state index in [1.807, 2.05) is 0 Å². The summed E-state index contributed by atoms with van der Waals surface area (Å²) in [6.45, 7) is 2.22. The Kier molecular flexibility index (Phi) is 3.69. The standard InChI is InChI=1S/C22H28O2/c1-4-21-12-10-18-17-9-7-16(24-3)14-15(17)6-8-19(18)20(21)11-13-22(21,23)5-2/h2,7,9,14,18-20,23H,4,6,8,10-13H2,1,3H3/t18?,19?,20?,21-,22-/m0/s1. The molecule has 0 radical (unpaired) electrons. The Bertz CT molecular complexity index is 688. The zero-order valence-corrected chi connectivity index (χ0v) is 14.8. The molecule has 2 nitrogen and oxygen atoms in total. The van der Waals surface area contributed by atoms with Crippen molar-refractivity contribution in [3.8, 4) is 18.1 Å². The summed E-state index contributed by atoms with van der Waals surface area (Å²) >= 11 is 0. The smallest absolute Gasteiger partial charge is 0.131 e. The quantitative estimate of drug-likeness (QED) is 0.822. The van der Waals surface area contributed by atoms with Gasteiger partial charge in [-0.25, -0.2) is 0 Å². The SMILES string of the molecule is C#C[C@]1(O)CCC2C3CCc4cc(OC)ccc4C3CC[C@@]21CC. The molecule has 128 valence electrons. The molecule has 0 bridgehead atoms. The van der Waals surface area contributed by atoms with Gasteiger partial charge in [-0.1, -0.05) is 18.9 Å².